The number of ketones is 3. The average molecular weight is 1570 g/mol. The first-order valence-electron chi connectivity index (χ1n) is 31.1. The van der Waals surface area contributed by atoms with Gasteiger partial charge in [-0.25, -0.2) is 0 Å². The molecular weight excluding hydrogens is 1510 g/mol. The SMILES string of the molecule is CCC(=O)CCc1ccc(N2CCC(c3cc(Cl)cc(Cl)c3)(C(F)(F)F)C2)cc1C(F)(F)F.CCC(=O)CCc1ccc(N2CCC(c3cc(Cl)cc(Cl)c3)(C(F)(F)F)C2O)cc1C(F)(F)F.CCC(=O)CCc1ccc(N2CCC(c3cc(Cl)cc(Cl)c3)(C(F)(F)F)C2O)cc1C(F)(F)F. The number of alkyl halides is 18. The van der Waals surface area contributed by atoms with Gasteiger partial charge in [0.15, 0.2) is 0 Å². The molecule has 3 aliphatic rings. The van der Waals surface area contributed by atoms with Gasteiger partial charge < -0.3 is 24.9 Å². The van der Waals surface area contributed by atoms with Crippen molar-refractivity contribution in [3.63, 3.8) is 0 Å². The molecule has 0 spiro atoms. The van der Waals surface area contributed by atoms with Crippen molar-refractivity contribution in [3.8, 4) is 0 Å². The molecule has 6 aromatic rings. The van der Waals surface area contributed by atoms with E-state index in [1.807, 2.05) is 0 Å². The Balaban J connectivity index is 0.000000213. The number of aliphatic hydroxyl groups is 2. The molecule has 0 bridgehead atoms. The summed E-state index contributed by atoms with van der Waals surface area (Å²) in [5.74, 6) is -0.577. The zero-order valence-corrected chi connectivity index (χ0v) is 57.9. The van der Waals surface area contributed by atoms with Crippen molar-refractivity contribution >= 4 is 104 Å². The zero-order chi connectivity index (χ0) is 75.6. The van der Waals surface area contributed by atoms with Gasteiger partial charge in [0.2, 0.25) is 0 Å². The van der Waals surface area contributed by atoms with Crippen LogP contribution in [-0.4, -0.2) is 84.7 Å². The van der Waals surface area contributed by atoms with Crippen LogP contribution in [0.15, 0.2) is 109 Å². The maximum atomic E-state index is 14.4. The standard InChI is InChI=1S/2C23H21Cl2F6NO2.C23H21Cl2F6NO/c2*1-2-18(33)6-4-13-3-5-17(12-19(13)22(26,27)28)32-8-7-21(20(32)34,23(29,30)31)14-9-15(24)11-16(25)10-14;1-2-19(33)6-4-14-3-5-18(12-20(14)22(26,27)28)32-8-7-21(13-32,23(29,30)31)15-9-16(24)11-17(25)10-15/h2*3,5,9-12,20,34H,2,4,6-8H2,1H3;3,5,9-12H,2,4,6-8,13H2,1H3. The van der Waals surface area contributed by atoms with Crippen LogP contribution in [0, 0.1) is 0 Å². The first kappa shape index (κ1) is 82.4. The zero-order valence-electron chi connectivity index (χ0n) is 53.4. The Morgan fingerprint density at radius 3 is 0.960 bits per heavy atom. The summed E-state index contributed by atoms with van der Waals surface area (Å²) < 4.78 is 253. The summed E-state index contributed by atoms with van der Waals surface area (Å²) in [5.41, 5.74) is -12.6. The van der Waals surface area contributed by atoms with Crippen molar-refractivity contribution in [1.82, 2.24) is 0 Å². The number of carbonyl (C=O) groups is 3. The quantitative estimate of drug-likeness (QED) is 0.0821. The van der Waals surface area contributed by atoms with E-state index >= 15 is 0 Å². The van der Waals surface area contributed by atoms with Crippen LogP contribution >= 0.6 is 69.6 Å². The largest absolute Gasteiger partial charge is 0.416 e. The van der Waals surface area contributed by atoms with Crippen LogP contribution in [0.25, 0.3) is 0 Å². The van der Waals surface area contributed by atoms with Crippen molar-refractivity contribution in [2.24, 2.45) is 0 Å². The molecule has 0 amide bonds. The Kier molecular flexibility index (Phi) is 26.0. The van der Waals surface area contributed by atoms with Gasteiger partial charge in [-0.15, -0.1) is 0 Å². The minimum absolute atomic E-state index is 0.0324. The van der Waals surface area contributed by atoms with E-state index < -0.39 is 102 Å². The number of nitrogens with zero attached hydrogens (tertiary/aromatic N) is 3. The van der Waals surface area contributed by atoms with Crippen LogP contribution in [-0.2, 0) is 68.4 Å². The third kappa shape index (κ3) is 18.4. The van der Waals surface area contributed by atoms with Gasteiger partial charge in [-0.3, -0.25) is 14.4 Å². The number of aliphatic hydroxyl groups excluding tert-OH is 2. The molecule has 6 aromatic carbocycles. The summed E-state index contributed by atoms with van der Waals surface area (Å²) in [7, 11) is 0. The molecule has 9 rings (SSSR count). The Labute approximate surface area is 598 Å². The van der Waals surface area contributed by atoms with E-state index in [1.165, 1.54) is 59.5 Å². The number of hydrogen-bond donors (Lipinski definition) is 2. The molecule has 5 atom stereocenters. The third-order valence-corrected chi connectivity index (χ3v) is 19.7. The van der Waals surface area contributed by atoms with Crippen LogP contribution in [0.5, 0.6) is 0 Å². The molecule has 3 saturated heterocycles. The molecule has 101 heavy (non-hydrogen) atoms. The summed E-state index contributed by atoms with van der Waals surface area (Å²) >= 11 is 35.4. The number of anilines is 3. The molecule has 3 fully saturated rings. The summed E-state index contributed by atoms with van der Waals surface area (Å²) in [6.07, 6.45) is -35.0. The minimum Gasteiger partial charge on any atom is -0.372 e. The van der Waals surface area contributed by atoms with Crippen LogP contribution in [0.3, 0.4) is 0 Å². The van der Waals surface area contributed by atoms with Crippen LogP contribution < -0.4 is 14.7 Å². The Bertz CT molecular complexity index is 3750. The van der Waals surface area contributed by atoms with E-state index in [2.05, 4.69) is 0 Å². The van der Waals surface area contributed by atoms with E-state index in [4.69, 9.17) is 69.6 Å². The molecule has 0 radical (unpaired) electrons. The van der Waals surface area contributed by atoms with E-state index in [0.29, 0.717) is 12.1 Å². The molecule has 5 unspecified atom stereocenters. The van der Waals surface area contributed by atoms with Gasteiger partial charge in [0.25, 0.3) is 0 Å². The Morgan fingerprint density at radius 1 is 0.396 bits per heavy atom. The summed E-state index contributed by atoms with van der Waals surface area (Å²) in [6, 6.07) is 20.0. The number of benzene rings is 6. The molecule has 3 heterocycles. The van der Waals surface area contributed by atoms with Crippen molar-refractivity contribution in [2.45, 2.75) is 164 Å². The molecule has 8 nitrogen and oxygen atoms in total. The fourth-order valence-corrected chi connectivity index (χ4v) is 14.4. The molecule has 2 N–H and O–H groups in total. The summed E-state index contributed by atoms with van der Waals surface area (Å²) in [5, 5.41) is 21.6. The van der Waals surface area contributed by atoms with Crippen LogP contribution in [0.2, 0.25) is 30.1 Å². The van der Waals surface area contributed by atoms with E-state index in [1.54, 1.807) is 20.8 Å². The molecule has 32 heteroatoms. The first-order valence-corrected chi connectivity index (χ1v) is 33.3. The van der Waals surface area contributed by atoms with Crippen molar-refractivity contribution < 1.29 is 104 Å². The maximum absolute atomic E-state index is 14.4. The molecule has 0 saturated carbocycles. The topological polar surface area (TPSA) is 101 Å². The summed E-state index contributed by atoms with van der Waals surface area (Å²) in [6.45, 7) is 3.43. The van der Waals surface area contributed by atoms with Gasteiger partial charge in [0.05, 0.1) is 16.7 Å². The number of rotatable bonds is 18. The second-order valence-corrected chi connectivity index (χ2v) is 27.1. The van der Waals surface area contributed by atoms with Crippen molar-refractivity contribution in [2.75, 3.05) is 40.9 Å². The molecule has 0 aliphatic carbocycles. The van der Waals surface area contributed by atoms with Gasteiger partial charge in [0, 0.05) is 112 Å². The number of halogens is 24. The van der Waals surface area contributed by atoms with Crippen molar-refractivity contribution in [1.29, 1.82) is 0 Å². The van der Waals surface area contributed by atoms with E-state index in [-0.39, 0.29) is 182 Å². The Morgan fingerprint density at radius 2 is 0.683 bits per heavy atom. The molecule has 552 valence electrons. The van der Waals surface area contributed by atoms with Crippen LogP contribution in [0.4, 0.5) is 96.1 Å². The Hall–Kier alpha value is -5.87. The van der Waals surface area contributed by atoms with Crippen LogP contribution in [0.1, 0.15) is 129 Å². The van der Waals surface area contributed by atoms with Gasteiger partial charge in [-0.2, -0.15) is 79.0 Å². The van der Waals surface area contributed by atoms with Gasteiger partial charge in [-0.05, 0) is 163 Å². The third-order valence-electron chi connectivity index (χ3n) is 18.4. The average Bonchev–Trinajstić information content (AvgIpc) is 1.58. The number of carbonyl (C=O) groups excluding carboxylic acids is 3. The highest BCUT2D eigenvalue weighted by Crippen LogP contribution is 2.56. The van der Waals surface area contributed by atoms with E-state index in [9.17, 15) is 104 Å². The highest BCUT2D eigenvalue weighted by atomic mass is 35.5. The van der Waals surface area contributed by atoms with Crippen molar-refractivity contribution in [3.05, 3.63) is 189 Å². The predicted molar refractivity (Wildman–Crippen MR) is 351 cm³/mol. The molecular formula is C69H63Cl6F18N3O5. The van der Waals surface area contributed by atoms with E-state index in [0.717, 1.165) is 52.3 Å². The lowest BCUT2D eigenvalue weighted by atomic mass is 9.77. The normalized spacial score (nSPS) is 20.6. The minimum atomic E-state index is -4.96. The molecule has 0 aromatic heterocycles. The monoisotopic (exact) mass is 1570 g/mol. The fourth-order valence-electron chi connectivity index (χ4n) is 12.8. The highest BCUT2D eigenvalue weighted by Gasteiger charge is 2.67. The molecule has 3 aliphatic heterocycles. The maximum Gasteiger partial charge on any atom is 0.416 e. The number of hydrogen-bond acceptors (Lipinski definition) is 8. The lowest BCUT2D eigenvalue weighted by Crippen LogP contribution is -2.52. The number of Topliss-reactive ketones (excluding diaryl/α,β-unsaturated/α-hetero) is 3. The predicted octanol–water partition coefficient (Wildman–Crippen LogP) is 21.5. The van der Waals surface area contributed by atoms with Gasteiger partial charge in [-0.1, -0.05) is 109 Å². The van der Waals surface area contributed by atoms with Gasteiger partial charge >= 0.3 is 37.1 Å². The summed E-state index contributed by atoms with van der Waals surface area (Å²) in [4.78, 5) is 37.8. The van der Waals surface area contributed by atoms with Gasteiger partial charge in [0.1, 0.15) is 46.1 Å². The smallest absolute Gasteiger partial charge is 0.372 e. The first-order chi connectivity index (χ1) is 46.7. The fraction of sp³-hybridized carbons (Fsp3) is 0.435. The lowest BCUT2D eigenvalue weighted by Gasteiger charge is -2.37. The second-order valence-electron chi connectivity index (χ2n) is 24.5. The second kappa shape index (κ2) is 31.8. The lowest BCUT2D eigenvalue weighted by molar-refractivity contribution is -0.211. The highest BCUT2D eigenvalue weighted by molar-refractivity contribution is 6.35. The number of aryl methyl sites for hydroxylation is 3.